The van der Waals surface area contributed by atoms with Gasteiger partial charge in [0.15, 0.2) is 0 Å². The number of anilines is 1. The number of halogens is 1. The minimum Gasteiger partial charge on any atom is -0.497 e. The van der Waals surface area contributed by atoms with Crippen LogP contribution in [-0.4, -0.2) is 37.4 Å². The van der Waals surface area contributed by atoms with Crippen LogP contribution in [0, 0.1) is 5.82 Å². The van der Waals surface area contributed by atoms with Gasteiger partial charge in [0.25, 0.3) is 0 Å². The number of hydrogen-bond acceptors (Lipinski definition) is 4. The highest BCUT2D eigenvalue weighted by Gasteiger charge is 2.32. The molecule has 5 nitrogen and oxygen atoms in total. The summed E-state index contributed by atoms with van der Waals surface area (Å²) >= 11 is 1.55. The van der Waals surface area contributed by atoms with Gasteiger partial charge in [-0.1, -0.05) is 18.2 Å². The quantitative estimate of drug-likeness (QED) is 0.889. The van der Waals surface area contributed by atoms with E-state index in [1.165, 1.54) is 13.2 Å². The molecule has 2 aromatic carbocycles. The summed E-state index contributed by atoms with van der Waals surface area (Å²) in [7, 11) is 3.09. The second kappa shape index (κ2) is 7.65. The van der Waals surface area contributed by atoms with Crippen LogP contribution in [0.2, 0.25) is 0 Å². The molecule has 0 bridgehead atoms. The molecule has 1 saturated heterocycles. The molecule has 7 heteroatoms. The van der Waals surface area contributed by atoms with Crippen LogP contribution in [0.15, 0.2) is 42.5 Å². The zero-order chi connectivity index (χ0) is 17.8. The molecular weight excluding hydrogens is 343 g/mol. The smallest absolute Gasteiger partial charge is 0.323 e. The zero-order valence-corrected chi connectivity index (χ0v) is 14.8. The summed E-state index contributed by atoms with van der Waals surface area (Å²) in [6, 6.07) is 11.4. The fourth-order valence-corrected chi connectivity index (χ4v) is 3.98. The molecule has 1 heterocycles. The van der Waals surface area contributed by atoms with Gasteiger partial charge in [0.05, 0.1) is 19.9 Å². The predicted octanol–water partition coefficient (Wildman–Crippen LogP) is 4.12. The van der Waals surface area contributed by atoms with E-state index < -0.39 is 0 Å². The summed E-state index contributed by atoms with van der Waals surface area (Å²) in [6.45, 7) is 0.550. The summed E-state index contributed by atoms with van der Waals surface area (Å²) in [5.74, 6) is 1.59. The van der Waals surface area contributed by atoms with Gasteiger partial charge < -0.3 is 19.7 Å². The van der Waals surface area contributed by atoms with Crippen molar-refractivity contribution < 1.29 is 18.7 Å². The Morgan fingerprint density at radius 3 is 2.76 bits per heavy atom. The molecule has 1 atom stereocenters. The number of amides is 2. The van der Waals surface area contributed by atoms with Gasteiger partial charge in [-0.15, -0.1) is 11.8 Å². The molecule has 0 saturated carbocycles. The molecule has 1 N–H and O–H groups in total. The van der Waals surface area contributed by atoms with Crippen LogP contribution in [0.5, 0.6) is 11.5 Å². The fraction of sp³-hybridized carbons (Fsp3) is 0.278. The van der Waals surface area contributed by atoms with Crippen molar-refractivity contribution in [3.05, 3.63) is 53.8 Å². The van der Waals surface area contributed by atoms with E-state index in [0.717, 1.165) is 5.75 Å². The van der Waals surface area contributed by atoms with Crippen LogP contribution < -0.4 is 14.8 Å². The first-order valence-corrected chi connectivity index (χ1v) is 8.84. The lowest BCUT2D eigenvalue weighted by Crippen LogP contribution is -2.34. The zero-order valence-electron chi connectivity index (χ0n) is 14.0. The SMILES string of the molecule is COc1ccc(NC(=O)N2CCSC2c2ccccc2F)c(OC)c1. The molecule has 0 spiro atoms. The lowest BCUT2D eigenvalue weighted by molar-refractivity contribution is 0.213. The van der Waals surface area contributed by atoms with Gasteiger partial charge in [-0.25, -0.2) is 9.18 Å². The summed E-state index contributed by atoms with van der Waals surface area (Å²) in [4.78, 5) is 14.4. The molecule has 2 amide bonds. The highest BCUT2D eigenvalue weighted by atomic mass is 32.2. The lowest BCUT2D eigenvalue weighted by atomic mass is 10.2. The summed E-state index contributed by atoms with van der Waals surface area (Å²) in [5, 5.41) is 2.50. The minimum atomic E-state index is -0.342. The van der Waals surface area contributed by atoms with Crippen LogP contribution in [0.3, 0.4) is 0 Å². The second-order valence-electron chi connectivity index (χ2n) is 5.43. The van der Waals surface area contributed by atoms with Crippen molar-refractivity contribution in [2.45, 2.75) is 5.37 Å². The van der Waals surface area contributed by atoms with Crippen molar-refractivity contribution >= 4 is 23.5 Å². The minimum absolute atomic E-state index is 0.290. The summed E-state index contributed by atoms with van der Waals surface area (Å²) in [5.41, 5.74) is 1.05. The van der Waals surface area contributed by atoms with Gasteiger partial charge >= 0.3 is 6.03 Å². The standard InChI is InChI=1S/C18H19FN2O3S/c1-23-12-7-8-15(16(11-12)24-2)20-18(22)21-9-10-25-17(21)13-5-3-4-6-14(13)19/h3-8,11,17H,9-10H2,1-2H3,(H,20,22). The monoisotopic (exact) mass is 362 g/mol. The van der Waals surface area contributed by atoms with Crippen molar-refractivity contribution in [3.8, 4) is 11.5 Å². The maximum atomic E-state index is 14.1. The third kappa shape index (κ3) is 3.66. The topological polar surface area (TPSA) is 50.8 Å². The lowest BCUT2D eigenvalue weighted by Gasteiger charge is -2.25. The van der Waals surface area contributed by atoms with Crippen LogP contribution in [0.25, 0.3) is 0 Å². The Morgan fingerprint density at radius 2 is 2.04 bits per heavy atom. The molecule has 3 rings (SSSR count). The second-order valence-corrected chi connectivity index (χ2v) is 6.62. The average molecular weight is 362 g/mol. The number of nitrogens with zero attached hydrogens (tertiary/aromatic N) is 1. The highest BCUT2D eigenvalue weighted by molar-refractivity contribution is 7.99. The van der Waals surface area contributed by atoms with Crippen molar-refractivity contribution in [3.63, 3.8) is 0 Å². The number of carbonyl (C=O) groups excluding carboxylic acids is 1. The maximum Gasteiger partial charge on any atom is 0.323 e. The maximum absolute atomic E-state index is 14.1. The van der Waals surface area contributed by atoms with Crippen molar-refractivity contribution in [2.75, 3.05) is 31.8 Å². The first-order valence-electron chi connectivity index (χ1n) is 7.79. The molecular formula is C18H19FN2O3S. The van der Waals surface area contributed by atoms with Crippen LogP contribution in [0.4, 0.5) is 14.9 Å². The number of hydrogen-bond donors (Lipinski definition) is 1. The Hall–Kier alpha value is -2.41. The van der Waals surface area contributed by atoms with Crippen LogP contribution in [-0.2, 0) is 0 Å². The van der Waals surface area contributed by atoms with Crippen molar-refractivity contribution in [2.24, 2.45) is 0 Å². The Labute approximate surface area is 150 Å². The molecule has 1 aliphatic heterocycles. The first kappa shape index (κ1) is 17.4. The predicted molar refractivity (Wildman–Crippen MR) is 96.9 cm³/mol. The number of carbonyl (C=O) groups is 1. The number of ether oxygens (including phenoxy) is 2. The van der Waals surface area contributed by atoms with Crippen LogP contribution in [0.1, 0.15) is 10.9 Å². The van der Waals surface area contributed by atoms with E-state index in [1.807, 2.05) is 0 Å². The Kier molecular flexibility index (Phi) is 5.33. The van der Waals surface area contributed by atoms with Crippen LogP contribution >= 0.6 is 11.8 Å². The summed E-state index contributed by atoms with van der Waals surface area (Å²) < 4.78 is 24.6. The molecule has 0 aliphatic carbocycles. The van der Waals surface area contributed by atoms with Gasteiger partial charge in [0.2, 0.25) is 0 Å². The Bertz CT molecular complexity index is 772. The number of rotatable bonds is 4. The molecule has 0 aromatic heterocycles. The average Bonchev–Trinajstić information content (AvgIpc) is 3.12. The van der Waals surface area contributed by atoms with Gasteiger partial charge in [0.1, 0.15) is 22.7 Å². The number of methoxy groups -OCH3 is 2. The van der Waals surface area contributed by atoms with Gasteiger partial charge in [-0.3, -0.25) is 0 Å². The van der Waals surface area contributed by atoms with Gasteiger partial charge in [-0.05, 0) is 18.2 Å². The van der Waals surface area contributed by atoms with E-state index in [0.29, 0.717) is 29.3 Å². The van der Waals surface area contributed by atoms with E-state index in [1.54, 1.807) is 60.2 Å². The van der Waals surface area contributed by atoms with Gasteiger partial charge in [0, 0.05) is 23.9 Å². The third-order valence-corrected chi connectivity index (χ3v) is 5.22. The molecule has 1 unspecified atom stereocenters. The molecule has 132 valence electrons. The highest BCUT2D eigenvalue weighted by Crippen LogP contribution is 2.39. The van der Waals surface area contributed by atoms with Gasteiger partial charge in [-0.2, -0.15) is 0 Å². The van der Waals surface area contributed by atoms with E-state index in [-0.39, 0.29) is 17.2 Å². The summed E-state index contributed by atoms with van der Waals surface area (Å²) in [6.07, 6.45) is 0. The van der Waals surface area contributed by atoms with E-state index in [9.17, 15) is 9.18 Å². The molecule has 25 heavy (non-hydrogen) atoms. The Balaban J connectivity index is 1.80. The number of thioether (sulfide) groups is 1. The van der Waals surface area contributed by atoms with E-state index in [4.69, 9.17) is 9.47 Å². The number of urea groups is 1. The Morgan fingerprint density at radius 1 is 1.24 bits per heavy atom. The third-order valence-electron chi connectivity index (χ3n) is 3.97. The first-order chi connectivity index (χ1) is 12.1. The normalized spacial score (nSPS) is 16.6. The number of benzene rings is 2. The molecule has 2 aromatic rings. The fourth-order valence-electron chi connectivity index (χ4n) is 2.70. The molecule has 1 fully saturated rings. The van der Waals surface area contributed by atoms with Crippen molar-refractivity contribution in [1.82, 2.24) is 4.90 Å². The number of nitrogens with one attached hydrogen (secondary N) is 1. The molecule has 1 aliphatic rings. The largest absolute Gasteiger partial charge is 0.497 e. The van der Waals surface area contributed by atoms with Crippen molar-refractivity contribution in [1.29, 1.82) is 0 Å². The van der Waals surface area contributed by atoms with E-state index >= 15 is 0 Å². The van der Waals surface area contributed by atoms with E-state index in [2.05, 4.69) is 5.32 Å². The molecule has 0 radical (unpaired) electrons.